The molecule has 10 heteroatoms. The summed E-state index contributed by atoms with van der Waals surface area (Å²) in [5.41, 5.74) is 0. The molecule has 0 spiro atoms. The van der Waals surface area contributed by atoms with Gasteiger partial charge in [0.25, 0.3) is 0 Å². The van der Waals surface area contributed by atoms with E-state index in [1.807, 2.05) is 0 Å². The van der Waals surface area contributed by atoms with Crippen LogP contribution < -0.4 is 0 Å². The maximum atomic E-state index is 13.2. The van der Waals surface area contributed by atoms with Gasteiger partial charge in [-0.2, -0.15) is 26.0 Å². The van der Waals surface area contributed by atoms with Crippen molar-refractivity contribution in [1.29, 1.82) is 0 Å². The number of hydrogen-bond donors (Lipinski definition) is 1. The lowest BCUT2D eigenvalue weighted by atomic mass is 9.26. The molecule has 0 aromatic rings. The third kappa shape index (κ3) is 4.01. The first-order valence-corrected chi connectivity index (χ1v) is 9.37. The topological polar surface area (TPSA) is 63.6 Å². The van der Waals surface area contributed by atoms with Crippen molar-refractivity contribution in [3.8, 4) is 0 Å². The van der Waals surface area contributed by atoms with Crippen LogP contribution >= 0.6 is 0 Å². The van der Waals surface area contributed by atoms with Crippen LogP contribution in [-0.4, -0.2) is 37.7 Å². The van der Waals surface area contributed by atoms with Crippen molar-refractivity contribution in [2.45, 2.75) is 74.3 Å². The van der Waals surface area contributed by atoms with Gasteiger partial charge in [0.1, 0.15) is 6.71 Å². The first-order chi connectivity index (χ1) is 10.6. The molecular formula is C13H21BF4O4S. The third-order valence-corrected chi connectivity index (χ3v) is 6.02. The smallest absolute Gasteiger partial charge is 0.315 e. The van der Waals surface area contributed by atoms with Gasteiger partial charge in [-0.25, -0.2) is 0 Å². The number of alkyl halides is 4. The molecule has 134 valence electrons. The molecule has 0 aromatic carbocycles. The molecule has 0 aromatic heterocycles. The fraction of sp³-hybridized carbons (Fsp3) is 1.00. The van der Waals surface area contributed by atoms with E-state index in [0.29, 0.717) is 24.7 Å². The fourth-order valence-corrected chi connectivity index (χ4v) is 4.40. The SMILES string of the molecule is O=S(=O)(O)C(F)(F)C(F)(F)OCCCB1C2CCCC1CCC2. The minimum atomic E-state index is -6.24. The van der Waals surface area contributed by atoms with Gasteiger partial charge in [-0.15, -0.1) is 0 Å². The van der Waals surface area contributed by atoms with Gasteiger partial charge < -0.3 is 4.74 Å². The summed E-state index contributed by atoms with van der Waals surface area (Å²) in [5, 5.41) is -5.65. The lowest BCUT2D eigenvalue weighted by molar-refractivity contribution is -0.318. The molecule has 23 heavy (non-hydrogen) atoms. The molecule has 2 fully saturated rings. The highest BCUT2D eigenvalue weighted by atomic mass is 32.2. The predicted octanol–water partition coefficient (Wildman–Crippen LogP) is 4.07. The van der Waals surface area contributed by atoms with Crippen LogP contribution in [0.25, 0.3) is 0 Å². The van der Waals surface area contributed by atoms with Gasteiger partial charge >= 0.3 is 21.5 Å². The normalized spacial score (nSPS) is 26.4. The van der Waals surface area contributed by atoms with E-state index in [2.05, 4.69) is 4.74 Å². The summed E-state index contributed by atoms with van der Waals surface area (Å²) >= 11 is 0. The summed E-state index contributed by atoms with van der Waals surface area (Å²) in [4.78, 5) is 0. The summed E-state index contributed by atoms with van der Waals surface area (Å²) < 4.78 is 85.0. The molecule has 4 nitrogen and oxygen atoms in total. The maximum Gasteiger partial charge on any atom is 0.459 e. The minimum Gasteiger partial charge on any atom is -0.315 e. The zero-order valence-electron chi connectivity index (χ0n) is 12.7. The molecule has 2 aliphatic heterocycles. The molecule has 0 unspecified atom stereocenters. The highest BCUT2D eigenvalue weighted by Crippen LogP contribution is 2.48. The van der Waals surface area contributed by atoms with E-state index < -0.39 is 28.1 Å². The van der Waals surface area contributed by atoms with Gasteiger partial charge in [0.15, 0.2) is 0 Å². The largest absolute Gasteiger partial charge is 0.459 e. The molecule has 2 bridgehead atoms. The summed E-state index contributed by atoms with van der Waals surface area (Å²) in [6.07, 6.45) is 2.39. The average Bonchev–Trinajstić information content (AvgIpc) is 2.41. The first kappa shape index (κ1) is 19.0. The van der Waals surface area contributed by atoms with Crippen molar-refractivity contribution < 1.29 is 35.3 Å². The monoisotopic (exact) mass is 360 g/mol. The highest BCUT2D eigenvalue weighted by Gasteiger charge is 2.67. The van der Waals surface area contributed by atoms with Crippen LogP contribution in [0.4, 0.5) is 17.6 Å². The van der Waals surface area contributed by atoms with Crippen molar-refractivity contribution in [2.24, 2.45) is 0 Å². The molecule has 1 N–H and O–H groups in total. The Morgan fingerprint density at radius 1 is 1.04 bits per heavy atom. The standard InChI is InChI=1S/C13H21BF4O4S/c15-12(16,13(17,18)23(19,20)21)22-9-3-8-14-10-4-1-5-11(14)7-2-6-10/h10-11H,1-9H2,(H,19,20,21). The zero-order valence-corrected chi connectivity index (χ0v) is 13.5. The minimum absolute atomic E-state index is 0.162. The second-order valence-corrected chi connectivity index (χ2v) is 8.01. The molecule has 2 rings (SSSR count). The lowest BCUT2D eigenvalue weighted by Crippen LogP contribution is -2.48. The molecule has 2 aliphatic rings. The second-order valence-electron chi connectivity index (χ2n) is 6.55. The van der Waals surface area contributed by atoms with Crippen LogP contribution in [0.15, 0.2) is 0 Å². The molecule has 0 saturated carbocycles. The van der Waals surface area contributed by atoms with Crippen LogP contribution in [-0.2, 0) is 14.9 Å². The quantitative estimate of drug-likeness (QED) is 0.322. The number of rotatable bonds is 7. The molecule has 2 heterocycles. The molecular weight excluding hydrogens is 339 g/mol. The van der Waals surface area contributed by atoms with Crippen LogP contribution in [0.3, 0.4) is 0 Å². The zero-order chi connectivity index (χ0) is 17.3. The van der Waals surface area contributed by atoms with E-state index >= 15 is 0 Å². The van der Waals surface area contributed by atoms with Crippen molar-refractivity contribution in [3.05, 3.63) is 0 Å². The van der Waals surface area contributed by atoms with Crippen LogP contribution in [0.5, 0.6) is 0 Å². The summed E-state index contributed by atoms with van der Waals surface area (Å²) in [6, 6.07) is 0. The number of fused-ring (bicyclic) bond motifs is 2. The molecule has 2 saturated heterocycles. The highest BCUT2D eigenvalue weighted by molar-refractivity contribution is 7.86. The van der Waals surface area contributed by atoms with Gasteiger partial charge in [-0.1, -0.05) is 56.5 Å². The van der Waals surface area contributed by atoms with Crippen LogP contribution in [0.2, 0.25) is 18.0 Å². The second kappa shape index (κ2) is 6.88. The fourth-order valence-electron chi connectivity index (χ4n) is 4.04. The number of hydrogen-bond acceptors (Lipinski definition) is 3. The van der Waals surface area contributed by atoms with Crippen molar-refractivity contribution in [1.82, 2.24) is 0 Å². The van der Waals surface area contributed by atoms with Crippen molar-refractivity contribution >= 4 is 16.8 Å². The van der Waals surface area contributed by atoms with Crippen LogP contribution in [0.1, 0.15) is 44.9 Å². The lowest BCUT2D eigenvalue weighted by Gasteiger charge is -2.40. The Kier molecular flexibility index (Phi) is 5.68. The Hall–Kier alpha value is -0.345. The Balaban J connectivity index is 1.83. The summed E-state index contributed by atoms with van der Waals surface area (Å²) in [7, 11) is -6.24. The first-order valence-electron chi connectivity index (χ1n) is 7.93. The van der Waals surface area contributed by atoms with E-state index in [0.717, 1.165) is 25.7 Å². The van der Waals surface area contributed by atoms with Gasteiger partial charge in [0.2, 0.25) is 0 Å². The van der Waals surface area contributed by atoms with E-state index in [1.165, 1.54) is 12.8 Å². The summed E-state index contributed by atoms with van der Waals surface area (Å²) in [6.45, 7) is -0.259. The molecule has 0 aliphatic carbocycles. The molecule has 0 amide bonds. The molecule has 0 atom stereocenters. The molecule has 0 radical (unpaired) electrons. The predicted molar refractivity (Wildman–Crippen MR) is 77.8 cm³/mol. The Bertz CT molecular complexity index is 492. The van der Waals surface area contributed by atoms with Gasteiger partial charge in [-0.3, -0.25) is 4.55 Å². The average molecular weight is 360 g/mol. The summed E-state index contributed by atoms with van der Waals surface area (Å²) in [5.74, 6) is 1.14. The van der Waals surface area contributed by atoms with Crippen molar-refractivity contribution in [3.63, 3.8) is 0 Å². The van der Waals surface area contributed by atoms with E-state index in [-0.39, 0.29) is 6.42 Å². The number of halogens is 4. The Labute approximate surface area is 133 Å². The van der Waals surface area contributed by atoms with E-state index in [9.17, 15) is 26.0 Å². The van der Waals surface area contributed by atoms with E-state index in [1.54, 1.807) is 0 Å². The van der Waals surface area contributed by atoms with Crippen molar-refractivity contribution in [2.75, 3.05) is 6.61 Å². The number of ether oxygens (including phenoxy) is 1. The Morgan fingerprint density at radius 2 is 1.52 bits per heavy atom. The van der Waals surface area contributed by atoms with Gasteiger partial charge in [0.05, 0.1) is 6.61 Å². The van der Waals surface area contributed by atoms with Gasteiger partial charge in [-0.05, 0) is 6.42 Å². The Morgan fingerprint density at radius 3 is 1.96 bits per heavy atom. The third-order valence-electron chi connectivity index (χ3n) is 5.14. The maximum absolute atomic E-state index is 13.2. The van der Waals surface area contributed by atoms with E-state index in [4.69, 9.17) is 4.55 Å². The van der Waals surface area contributed by atoms with Crippen LogP contribution in [0, 0.1) is 0 Å². The van der Waals surface area contributed by atoms with Gasteiger partial charge in [0, 0.05) is 0 Å².